The summed E-state index contributed by atoms with van der Waals surface area (Å²) < 4.78 is 0. The maximum absolute atomic E-state index is 11.6. The van der Waals surface area contributed by atoms with Crippen LogP contribution in [0.5, 0.6) is 0 Å². The van der Waals surface area contributed by atoms with E-state index in [-0.39, 0.29) is 5.91 Å². The van der Waals surface area contributed by atoms with Gasteiger partial charge in [0.1, 0.15) is 0 Å². The first-order valence-corrected chi connectivity index (χ1v) is 7.73. The van der Waals surface area contributed by atoms with Crippen LogP contribution in [0.1, 0.15) is 34.1 Å². The second kappa shape index (κ2) is 7.38. The molecule has 20 heavy (non-hydrogen) atoms. The number of primary amides is 1. The van der Waals surface area contributed by atoms with Crippen LogP contribution in [0.2, 0.25) is 0 Å². The summed E-state index contributed by atoms with van der Waals surface area (Å²) in [5, 5.41) is 3.07. The molecule has 1 rings (SSSR count). The highest BCUT2D eigenvalue weighted by Crippen LogP contribution is 2.17. The van der Waals surface area contributed by atoms with Crippen molar-refractivity contribution >= 4 is 5.91 Å². The molecular formula is C15H32N4O. The van der Waals surface area contributed by atoms with Crippen LogP contribution in [0.25, 0.3) is 0 Å². The number of amides is 1. The van der Waals surface area contributed by atoms with Gasteiger partial charge in [0, 0.05) is 38.8 Å². The molecule has 1 fully saturated rings. The number of hydrogen-bond donors (Lipinski definition) is 2. The predicted molar refractivity (Wildman–Crippen MR) is 83.6 cm³/mol. The Kier molecular flexibility index (Phi) is 6.43. The Morgan fingerprint density at radius 2 is 1.80 bits per heavy atom. The Morgan fingerprint density at radius 1 is 1.25 bits per heavy atom. The SMILES string of the molecule is CNC(C)(CC(C)N1CCN(CC(C)C)CC1)C(N)=O. The van der Waals surface area contributed by atoms with E-state index in [2.05, 4.69) is 35.9 Å². The van der Waals surface area contributed by atoms with Crippen molar-refractivity contribution in [2.75, 3.05) is 39.8 Å². The highest BCUT2D eigenvalue weighted by atomic mass is 16.1. The fourth-order valence-corrected chi connectivity index (χ4v) is 2.95. The normalized spacial score (nSPS) is 22.7. The first-order valence-electron chi connectivity index (χ1n) is 7.73. The van der Waals surface area contributed by atoms with Gasteiger partial charge in [-0.25, -0.2) is 0 Å². The Balaban J connectivity index is 2.46. The van der Waals surface area contributed by atoms with Crippen LogP contribution >= 0.6 is 0 Å². The highest BCUT2D eigenvalue weighted by Gasteiger charge is 2.33. The molecule has 1 saturated heterocycles. The van der Waals surface area contributed by atoms with Crippen LogP contribution in [0.15, 0.2) is 0 Å². The lowest BCUT2D eigenvalue weighted by atomic mass is 9.92. The summed E-state index contributed by atoms with van der Waals surface area (Å²) in [6.45, 7) is 14.2. The van der Waals surface area contributed by atoms with Gasteiger partial charge < -0.3 is 16.0 Å². The highest BCUT2D eigenvalue weighted by molar-refractivity contribution is 5.84. The predicted octanol–water partition coefficient (Wildman–Crippen LogP) is 0.502. The van der Waals surface area contributed by atoms with E-state index >= 15 is 0 Å². The van der Waals surface area contributed by atoms with Gasteiger partial charge in [0.2, 0.25) is 5.91 Å². The second-order valence-corrected chi connectivity index (χ2v) is 6.73. The minimum absolute atomic E-state index is 0.273. The molecule has 0 bridgehead atoms. The third-order valence-corrected chi connectivity index (χ3v) is 4.45. The molecule has 1 aliphatic rings. The summed E-state index contributed by atoms with van der Waals surface area (Å²) in [5.74, 6) is 0.451. The van der Waals surface area contributed by atoms with Crippen molar-refractivity contribution in [3.8, 4) is 0 Å². The lowest BCUT2D eigenvalue weighted by Crippen LogP contribution is -2.57. The summed E-state index contributed by atoms with van der Waals surface area (Å²) >= 11 is 0. The van der Waals surface area contributed by atoms with E-state index < -0.39 is 5.54 Å². The smallest absolute Gasteiger partial charge is 0.237 e. The van der Waals surface area contributed by atoms with Crippen molar-refractivity contribution in [2.45, 2.75) is 45.7 Å². The summed E-state index contributed by atoms with van der Waals surface area (Å²) in [6, 6.07) is 0.362. The van der Waals surface area contributed by atoms with Gasteiger partial charge in [-0.3, -0.25) is 9.69 Å². The standard InChI is InChI=1S/C15H32N4O/c1-12(2)11-18-6-8-19(9-7-18)13(3)10-15(4,17-5)14(16)20/h12-13,17H,6-11H2,1-5H3,(H2,16,20). The Labute approximate surface area is 123 Å². The van der Waals surface area contributed by atoms with E-state index in [1.54, 1.807) is 7.05 Å². The molecule has 0 aromatic carbocycles. The number of piperazine rings is 1. The molecule has 0 aromatic heterocycles. The van der Waals surface area contributed by atoms with E-state index in [0.717, 1.165) is 38.5 Å². The van der Waals surface area contributed by atoms with Gasteiger partial charge in [-0.15, -0.1) is 0 Å². The fourth-order valence-electron chi connectivity index (χ4n) is 2.95. The van der Waals surface area contributed by atoms with Crippen LogP contribution in [0.3, 0.4) is 0 Å². The molecule has 118 valence electrons. The third kappa shape index (κ3) is 4.72. The zero-order valence-electron chi connectivity index (χ0n) is 13.8. The largest absolute Gasteiger partial charge is 0.368 e. The molecule has 1 heterocycles. The minimum Gasteiger partial charge on any atom is -0.368 e. The van der Waals surface area contributed by atoms with Crippen LogP contribution in [-0.4, -0.2) is 67.1 Å². The van der Waals surface area contributed by atoms with Crippen LogP contribution in [0.4, 0.5) is 0 Å². The van der Waals surface area contributed by atoms with Crippen molar-refractivity contribution in [1.82, 2.24) is 15.1 Å². The molecule has 0 aromatic rings. The molecule has 2 unspecified atom stereocenters. The minimum atomic E-state index is -0.617. The fraction of sp³-hybridized carbons (Fsp3) is 0.933. The van der Waals surface area contributed by atoms with Gasteiger partial charge in [0.25, 0.3) is 0 Å². The van der Waals surface area contributed by atoms with E-state index in [9.17, 15) is 4.79 Å². The van der Waals surface area contributed by atoms with Crippen molar-refractivity contribution in [2.24, 2.45) is 11.7 Å². The molecule has 1 aliphatic heterocycles. The Morgan fingerprint density at radius 3 is 2.20 bits per heavy atom. The first-order chi connectivity index (χ1) is 9.28. The molecular weight excluding hydrogens is 252 g/mol. The van der Waals surface area contributed by atoms with Crippen molar-refractivity contribution in [1.29, 1.82) is 0 Å². The second-order valence-electron chi connectivity index (χ2n) is 6.73. The first kappa shape index (κ1) is 17.4. The molecule has 2 atom stereocenters. The van der Waals surface area contributed by atoms with Gasteiger partial charge in [-0.05, 0) is 33.2 Å². The summed E-state index contributed by atoms with van der Waals surface area (Å²) in [7, 11) is 1.80. The average molecular weight is 284 g/mol. The maximum atomic E-state index is 11.6. The lowest BCUT2D eigenvalue weighted by Gasteiger charge is -2.41. The molecule has 5 nitrogen and oxygen atoms in total. The van der Waals surface area contributed by atoms with Crippen molar-refractivity contribution in [3.05, 3.63) is 0 Å². The third-order valence-electron chi connectivity index (χ3n) is 4.45. The number of rotatable bonds is 7. The number of hydrogen-bond acceptors (Lipinski definition) is 4. The Hall–Kier alpha value is -0.650. The number of nitrogens with zero attached hydrogens (tertiary/aromatic N) is 2. The maximum Gasteiger partial charge on any atom is 0.237 e. The van der Waals surface area contributed by atoms with Crippen molar-refractivity contribution in [3.63, 3.8) is 0 Å². The van der Waals surface area contributed by atoms with Crippen molar-refractivity contribution < 1.29 is 4.79 Å². The van der Waals surface area contributed by atoms with Crippen LogP contribution in [-0.2, 0) is 4.79 Å². The summed E-state index contributed by atoms with van der Waals surface area (Å²) in [5.41, 5.74) is 4.89. The van der Waals surface area contributed by atoms with Gasteiger partial charge in [0.05, 0.1) is 5.54 Å². The molecule has 0 radical (unpaired) electrons. The Bertz CT molecular complexity index is 313. The molecule has 1 amide bonds. The number of carbonyl (C=O) groups is 1. The number of carbonyl (C=O) groups excluding carboxylic acids is 1. The zero-order valence-corrected chi connectivity index (χ0v) is 13.8. The monoisotopic (exact) mass is 284 g/mol. The lowest BCUT2D eigenvalue weighted by molar-refractivity contribution is -0.124. The molecule has 0 saturated carbocycles. The number of nitrogens with one attached hydrogen (secondary N) is 1. The number of nitrogens with two attached hydrogens (primary N) is 1. The van der Waals surface area contributed by atoms with E-state index in [1.807, 2.05) is 6.92 Å². The van der Waals surface area contributed by atoms with E-state index in [1.165, 1.54) is 6.54 Å². The molecule has 0 spiro atoms. The number of likely N-dealkylation sites (N-methyl/N-ethyl adjacent to an activating group) is 1. The van der Waals surface area contributed by atoms with Gasteiger partial charge in [-0.2, -0.15) is 0 Å². The van der Waals surface area contributed by atoms with Crippen LogP contribution in [0, 0.1) is 5.92 Å². The van der Waals surface area contributed by atoms with Gasteiger partial charge in [-0.1, -0.05) is 13.8 Å². The topological polar surface area (TPSA) is 61.6 Å². The molecule has 0 aliphatic carbocycles. The van der Waals surface area contributed by atoms with Crippen LogP contribution < -0.4 is 11.1 Å². The molecule has 5 heteroatoms. The van der Waals surface area contributed by atoms with E-state index in [0.29, 0.717) is 6.04 Å². The van der Waals surface area contributed by atoms with E-state index in [4.69, 9.17) is 5.73 Å². The van der Waals surface area contributed by atoms with Gasteiger partial charge in [0.15, 0.2) is 0 Å². The van der Waals surface area contributed by atoms with Gasteiger partial charge >= 0.3 is 0 Å². The molecule has 3 N–H and O–H groups in total. The quantitative estimate of drug-likeness (QED) is 0.715. The average Bonchev–Trinajstić information content (AvgIpc) is 2.38. The summed E-state index contributed by atoms with van der Waals surface area (Å²) in [6.07, 6.45) is 0.753. The zero-order chi connectivity index (χ0) is 15.3. The summed E-state index contributed by atoms with van der Waals surface area (Å²) in [4.78, 5) is 16.6.